The molecule has 4 nitrogen and oxygen atoms in total. The molecule has 2 rings (SSSR count). The van der Waals surface area contributed by atoms with Gasteiger partial charge in [-0.05, 0) is 38.2 Å². The monoisotopic (exact) mass is 400 g/mol. The predicted octanol–water partition coefficient (Wildman–Crippen LogP) is 4.90. The Kier molecular flexibility index (Phi) is 7.38. The fourth-order valence-corrected chi connectivity index (χ4v) is 3.03. The van der Waals surface area contributed by atoms with E-state index in [9.17, 15) is 4.79 Å². The van der Waals surface area contributed by atoms with Crippen LogP contribution in [0.25, 0.3) is 0 Å². The van der Waals surface area contributed by atoms with Crippen molar-refractivity contribution in [3.05, 3.63) is 57.0 Å². The zero-order chi connectivity index (χ0) is 18.4. The Balaban J connectivity index is 1.79. The molecule has 7 heteroatoms. The highest BCUT2D eigenvalue weighted by atomic mass is 35.5. The third-order valence-corrected chi connectivity index (χ3v) is 4.26. The molecule has 0 saturated carbocycles. The molecule has 0 unspecified atom stereocenters. The highest BCUT2D eigenvalue weighted by molar-refractivity contribution is 6.42. The zero-order valence-corrected chi connectivity index (χ0v) is 16.3. The number of likely N-dealkylation sites (N-methyl/N-ethyl adjacent to an activating group) is 1. The standard InChI is InChI=1S/C18H19Cl3N2O2/c1-12-3-5-14(6-4-12)25-8-7-23(2)11-17(24)22-18-15(20)9-13(19)10-16(18)21/h3-6,9-10H,7-8,11H2,1-2H3,(H,22,24). The number of carbonyl (C=O) groups excluding carboxylic acids is 1. The van der Waals surface area contributed by atoms with Gasteiger partial charge >= 0.3 is 0 Å². The highest BCUT2D eigenvalue weighted by Gasteiger charge is 2.13. The van der Waals surface area contributed by atoms with Crippen molar-refractivity contribution in [3.8, 4) is 5.75 Å². The molecule has 1 amide bonds. The number of rotatable bonds is 7. The number of hydrogen-bond donors (Lipinski definition) is 1. The number of ether oxygens (including phenoxy) is 1. The molecule has 0 radical (unpaired) electrons. The van der Waals surface area contributed by atoms with Crippen LogP contribution >= 0.6 is 34.8 Å². The van der Waals surface area contributed by atoms with Gasteiger partial charge in [-0.25, -0.2) is 0 Å². The second kappa shape index (κ2) is 9.30. The molecule has 0 atom stereocenters. The van der Waals surface area contributed by atoms with Crippen molar-refractivity contribution in [1.82, 2.24) is 4.90 Å². The molecule has 2 aromatic carbocycles. The Morgan fingerprint density at radius 2 is 1.72 bits per heavy atom. The lowest BCUT2D eigenvalue weighted by molar-refractivity contribution is -0.117. The second-order valence-electron chi connectivity index (χ2n) is 5.69. The van der Waals surface area contributed by atoms with Gasteiger partial charge in [0.15, 0.2) is 0 Å². The number of aryl methyl sites for hydroxylation is 1. The molecule has 0 aliphatic rings. The van der Waals surface area contributed by atoms with E-state index in [1.54, 1.807) is 0 Å². The van der Waals surface area contributed by atoms with Crippen LogP contribution in [-0.2, 0) is 4.79 Å². The van der Waals surface area contributed by atoms with Gasteiger partial charge < -0.3 is 10.1 Å². The molecule has 0 aromatic heterocycles. The Morgan fingerprint density at radius 3 is 2.32 bits per heavy atom. The van der Waals surface area contributed by atoms with Crippen LogP contribution in [0.5, 0.6) is 5.75 Å². The Morgan fingerprint density at radius 1 is 1.12 bits per heavy atom. The van der Waals surface area contributed by atoms with Crippen molar-refractivity contribution >= 4 is 46.4 Å². The summed E-state index contributed by atoms with van der Waals surface area (Å²) in [5, 5.41) is 3.73. The molecule has 134 valence electrons. The van der Waals surface area contributed by atoms with Crippen molar-refractivity contribution in [2.75, 3.05) is 32.1 Å². The zero-order valence-electron chi connectivity index (χ0n) is 14.0. The minimum atomic E-state index is -0.219. The summed E-state index contributed by atoms with van der Waals surface area (Å²) in [6, 6.07) is 10.9. The minimum absolute atomic E-state index is 0.187. The molecular weight excluding hydrogens is 383 g/mol. The number of halogens is 3. The van der Waals surface area contributed by atoms with Gasteiger partial charge in [-0.2, -0.15) is 0 Å². The van der Waals surface area contributed by atoms with E-state index in [2.05, 4.69) is 5.32 Å². The fraction of sp³-hybridized carbons (Fsp3) is 0.278. The van der Waals surface area contributed by atoms with Crippen LogP contribution < -0.4 is 10.1 Å². The van der Waals surface area contributed by atoms with E-state index in [1.165, 1.54) is 17.7 Å². The highest BCUT2D eigenvalue weighted by Crippen LogP contribution is 2.33. The lowest BCUT2D eigenvalue weighted by Crippen LogP contribution is -2.33. The maximum absolute atomic E-state index is 12.1. The summed E-state index contributed by atoms with van der Waals surface area (Å²) >= 11 is 18.0. The number of nitrogens with one attached hydrogen (secondary N) is 1. The molecule has 25 heavy (non-hydrogen) atoms. The van der Waals surface area contributed by atoms with Crippen LogP contribution in [0.15, 0.2) is 36.4 Å². The number of benzene rings is 2. The quantitative estimate of drug-likeness (QED) is 0.717. The Hall–Kier alpha value is -1.46. The van der Waals surface area contributed by atoms with Crippen LogP contribution in [0.1, 0.15) is 5.56 Å². The molecule has 0 saturated heterocycles. The molecule has 0 spiro atoms. The summed E-state index contributed by atoms with van der Waals surface area (Å²) in [6.45, 7) is 3.29. The lowest BCUT2D eigenvalue weighted by Gasteiger charge is -2.17. The van der Waals surface area contributed by atoms with E-state index < -0.39 is 0 Å². The molecular formula is C18H19Cl3N2O2. The SMILES string of the molecule is Cc1ccc(OCCN(C)CC(=O)Nc2c(Cl)cc(Cl)cc2Cl)cc1. The molecule has 0 bridgehead atoms. The number of carbonyl (C=O) groups is 1. The lowest BCUT2D eigenvalue weighted by atomic mass is 10.2. The van der Waals surface area contributed by atoms with Crippen LogP contribution in [0, 0.1) is 6.92 Å². The smallest absolute Gasteiger partial charge is 0.238 e. The minimum Gasteiger partial charge on any atom is -0.492 e. The molecule has 0 aliphatic carbocycles. The summed E-state index contributed by atoms with van der Waals surface area (Å²) in [5.74, 6) is 0.590. The van der Waals surface area contributed by atoms with Crippen molar-refractivity contribution in [2.45, 2.75) is 6.92 Å². The third kappa shape index (κ3) is 6.40. The predicted molar refractivity (Wildman–Crippen MR) is 104 cm³/mol. The van der Waals surface area contributed by atoms with Gasteiger partial charge in [0.25, 0.3) is 0 Å². The summed E-state index contributed by atoms with van der Waals surface area (Å²) in [7, 11) is 1.84. The molecule has 1 N–H and O–H groups in total. The van der Waals surface area contributed by atoms with Gasteiger partial charge in [-0.1, -0.05) is 52.5 Å². The van der Waals surface area contributed by atoms with Gasteiger partial charge in [0.1, 0.15) is 12.4 Å². The Bertz CT molecular complexity index is 713. The van der Waals surface area contributed by atoms with Crippen LogP contribution in [0.3, 0.4) is 0 Å². The van der Waals surface area contributed by atoms with Gasteiger partial charge in [0.05, 0.1) is 22.3 Å². The molecule has 0 aliphatic heterocycles. The van der Waals surface area contributed by atoms with Gasteiger partial charge in [0.2, 0.25) is 5.91 Å². The average Bonchev–Trinajstić information content (AvgIpc) is 2.52. The summed E-state index contributed by atoms with van der Waals surface area (Å²) < 4.78 is 5.65. The first-order chi connectivity index (χ1) is 11.8. The first-order valence-electron chi connectivity index (χ1n) is 7.67. The van der Waals surface area contributed by atoms with E-state index in [4.69, 9.17) is 39.5 Å². The van der Waals surface area contributed by atoms with Crippen LogP contribution in [0.4, 0.5) is 5.69 Å². The summed E-state index contributed by atoms with van der Waals surface area (Å²) in [4.78, 5) is 14.0. The van der Waals surface area contributed by atoms with E-state index in [-0.39, 0.29) is 12.5 Å². The Labute approximate surface area is 162 Å². The number of amides is 1. The van der Waals surface area contributed by atoms with Crippen LogP contribution in [0.2, 0.25) is 15.1 Å². The van der Waals surface area contributed by atoms with Crippen LogP contribution in [-0.4, -0.2) is 37.6 Å². The molecule has 0 heterocycles. The molecule has 0 fully saturated rings. The van der Waals surface area contributed by atoms with Crippen molar-refractivity contribution in [1.29, 1.82) is 0 Å². The van der Waals surface area contributed by atoms with E-state index in [0.717, 1.165) is 5.75 Å². The fourth-order valence-electron chi connectivity index (χ4n) is 2.12. The van der Waals surface area contributed by atoms with E-state index in [0.29, 0.717) is 33.9 Å². The third-order valence-electron chi connectivity index (χ3n) is 3.45. The summed E-state index contributed by atoms with van der Waals surface area (Å²) in [6.07, 6.45) is 0. The van der Waals surface area contributed by atoms with Gasteiger partial charge in [0, 0.05) is 11.6 Å². The van der Waals surface area contributed by atoms with Crippen molar-refractivity contribution in [2.24, 2.45) is 0 Å². The normalized spacial score (nSPS) is 10.8. The second-order valence-corrected chi connectivity index (χ2v) is 6.94. The van der Waals surface area contributed by atoms with Crippen molar-refractivity contribution in [3.63, 3.8) is 0 Å². The first-order valence-corrected chi connectivity index (χ1v) is 8.81. The van der Waals surface area contributed by atoms with Crippen molar-refractivity contribution < 1.29 is 9.53 Å². The first kappa shape index (κ1) is 19.9. The number of nitrogens with zero attached hydrogens (tertiary/aromatic N) is 1. The van der Waals surface area contributed by atoms with E-state index in [1.807, 2.05) is 43.1 Å². The molecule has 2 aromatic rings. The topological polar surface area (TPSA) is 41.6 Å². The number of anilines is 1. The maximum Gasteiger partial charge on any atom is 0.238 e. The van der Waals surface area contributed by atoms with Gasteiger partial charge in [-0.3, -0.25) is 9.69 Å². The number of hydrogen-bond acceptors (Lipinski definition) is 3. The largest absolute Gasteiger partial charge is 0.492 e. The maximum atomic E-state index is 12.1. The summed E-state index contributed by atoms with van der Waals surface area (Å²) in [5.41, 5.74) is 1.54. The van der Waals surface area contributed by atoms with Gasteiger partial charge in [-0.15, -0.1) is 0 Å². The average molecular weight is 402 g/mol. The van der Waals surface area contributed by atoms with E-state index >= 15 is 0 Å².